The Bertz CT molecular complexity index is 1540. The highest BCUT2D eigenvalue weighted by Crippen LogP contribution is 2.31. The van der Waals surface area contributed by atoms with Crippen molar-refractivity contribution in [3.8, 4) is 24.7 Å². The summed E-state index contributed by atoms with van der Waals surface area (Å²) in [5.74, 6) is 8.94. The lowest BCUT2D eigenvalue weighted by atomic mass is 9.96. The van der Waals surface area contributed by atoms with E-state index in [9.17, 15) is 0 Å². The van der Waals surface area contributed by atoms with E-state index in [4.69, 9.17) is 4.99 Å². The zero-order valence-electron chi connectivity index (χ0n) is 27.3. The van der Waals surface area contributed by atoms with E-state index >= 15 is 0 Å². The second-order valence-corrected chi connectivity index (χ2v) is 12.0. The number of hydrogen-bond donors (Lipinski definition) is 3. The van der Waals surface area contributed by atoms with E-state index in [0.29, 0.717) is 19.0 Å². The van der Waals surface area contributed by atoms with Crippen LogP contribution in [0.15, 0.2) is 117 Å². The van der Waals surface area contributed by atoms with Crippen LogP contribution < -0.4 is 16.0 Å². The van der Waals surface area contributed by atoms with Crippen LogP contribution in [0.2, 0.25) is 0 Å². The standard InChI is InChI=1S/C37H46N6.C2H2/c1-7-12-31-15-10-13-30(21-26(31)3)24-38-28(5)34-22-35(43-20-11-17-36(43)42-34)29(6)41-33-16-9-8-14-32(19-18-25(33)2)37-39-23-27(4)40-37;1-2/h14,17-19,21-22,25,33,38,41H,4-9,11-13,16,20,23-24H2,1-3H3,(H,39,40);1-2H/b19-18-,32-14+;. The van der Waals surface area contributed by atoms with E-state index < -0.39 is 0 Å². The van der Waals surface area contributed by atoms with Crippen molar-refractivity contribution in [3.05, 3.63) is 107 Å². The molecule has 2 unspecified atom stereocenters. The predicted octanol–water partition coefficient (Wildman–Crippen LogP) is 6.96. The smallest absolute Gasteiger partial charge is 0.132 e. The summed E-state index contributed by atoms with van der Waals surface area (Å²) >= 11 is 0. The van der Waals surface area contributed by atoms with Gasteiger partial charge in [0.2, 0.25) is 0 Å². The number of nitrogens with one attached hydrogen (secondary N) is 3. The monoisotopic (exact) mass is 600 g/mol. The minimum absolute atomic E-state index is 0.265. The molecule has 3 N–H and O–H groups in total. The minimum atomic E-state index is 0.265. The number of amidine groups is 1. The van der Waals surface area contributed by atoms with Crippen LogP contribution in [0, 0.1) is 30.6 Å². The quantitative estimate of drug-likeness (QED) is 0.237. The van der Waals surface area contributed by atoms with Crippen molar-refractivity contribution in [1.29, 1.82) is 0 Å². The molecule has 0 spiro atoms. The van der Waals surface area contributed by atoms with Gasteiger partial charge in [0.25, 0.3) is 0 Å². The Morgan fingerprint density at radius 2 is 2.00 bits per heavy atom. The van der Waals surface area contributed by atoms with Gasteiger partial charge in [-0.2, -0.15) is 0 Å². The third kappa shape index (κ3) is 8.49. The summed E-state index contributed by atoms with van der Waals surface area (Å²) in [6, 6.07) is 0.265. The third-order valence-corrected chi connectivity index (χ3v) is 8.51. The molecule has 0 saturated carbocycles. The summed E-state index contributed by atoms with van der Waals surface area (Å²) in [7, 11) is 0. The molecule has 0 aromatic heterocycles. The van der Waals surface area contributed by atoms with Crippen LogP contribution in [-0.4, -0.2) is 42.1 Å². The first kappa shape index (κ1) is 33.2. The molecule has 0 saturated heterocycles. The summed E-state index contributed by atoms with van der Waals surface area (Å²) in [5.41, 5.74) is 9.56. The molecule has 0 fully saturated rings. The maximum atomic E-state index is 4.96. The van der Waals surface area contributed by atoms with Gasteiger partial charge >= 0.3 is 0 Å². The van der Waals surface area contributed by atoms with Crippen molar-refractivity contribution >= 4 is 11.5 Å². The predicted molar refractivity (Wildman–Crippen MR) is 191 cm³/mol. The molecule has 3 heterocycles. The van der Waals surface area contributed by atoms with Gasteiger partial charge in [0, 0.05) is 42.4 Å². The first-order valence-electron chi connectivity index (χ1n) is 16.1. The molecule has 6 nitrogen and oxygen atoms in total. The van der Waals surface area contributed by atoms with Crippen molar-refractivity contribution < 1.29 is 0 Å². The summed E-state index contributed by atoms with van der Waals surface area (Å²) in [4.78, 5) is 11.8. The average Bonchev–Trinajstić information content (AvgIpc) is 3.68. The number of nitrogens with zero attached hydrogens (tertiary/aromatic N) is 3. The van der Waals surface area contributed by atoms with E-state index in [0.717, 1.165) is 97.2 Å². The molecule has 45 heavy (non-hydrogen) atoms. The lowest BCUT2D eigenvalue weighted by Crippen LogP contribution is -2.37. The van der Waals surface area contributed by atoms with E-state index in [1.54, 1.807) is 0 Å². The SMILES string of the molecule is C#C.C=C1CN=C(C2=C/CCCC(NC(=C)C3=CC(C(=C)NCC4=CC(C)=C(CCC)C#CC4)=NC4=CCCN43)C(C)/C=C\2)N1. The molecule has 0 aromatic carbocycles. The Labute approximate surface area is 271 Å². The molecule has 3 aliphatic heterocycles. The zero-order chi connectivity index (χ0) is 32.3. The molecule has 234 valence electrons. The fourth-order valence-corrected chi connectivity index (χ4v) is 5.98. The second-order valence-electron chi connectivity index (χ2n) is 12.0. The van der Waals surface area contributed by atoms with Gasteiger partial charge in [-0.05, 0) is 68.2 Å². The minimum Gasteiger partial charge on any atom is -0.381 e. The first-order chi connectivity index (χ1) is 21.8. The average molecular weight is 601 g/mol. The van der Waals surface area contributed by atoms with E-state index in [1.165, 1.54) is 16.7 Å². The highest BCUT2D eigenvalue weighted by atomic mass is 15.3. The second kappa shape index (κ2) is 15.9. The number of fused-ring (bicyclic) bond motifs is 1. The Balaban J connectivity index is 0.00000226. The van der Waals surface area contributed by atoms with E-state index in [1.807, 2.05) is 0 Å². The fourth-order valence-electron chi connectivity index (χ4n) is 5.98. The van der Waals surface area contributed by atoms with Crippen molar-refractivity contribution in [1.82, 2.24) is 20.9 Å². The lowest BCUT2D eigenvalue weighted by Gasteiger charge is -2.32. The van der Waals surface area contributed by atoms with Crippen LogP contribution in [0.3, 0.4) is 0 Å². The molecule has 2 atom stereocenters. The molecule has 0 bridgehead atoms. The van der Waals surface area contributed by atoms with Crippen LogP contribution in [0.4, 0.5) is 0 Å². The van der Waals surface area contributed by atoms with Gasteiger partial charge in [-0.25, -0.2) is 4.99 Å². The van der Waals surface area contributed by atoms with Crippen LogP contribution in [0.25, 0.3) is 0 Å². The maximum absolute atomic E-state index is 4.96. The number of rotatable bonds is 10. The van der Waals surface area contributed by atoms with Crippen molar-refractivity contribution in [2.75, 3.05) is 19.6 Å². The van der Waals surface area contributed by atoms with Crippen molar-refractivity contribution in [2.45, 2.75) is 71.8 Å². The number of aliphatic imine (C=N–C) groups is 2. The van der Waals surface area contributed by atoms with Gasteiger partial charge in [-0.3, -0.25) is 4.99 Å². The van der Waals surface area contributed by atoms with Crippen LogP contribution in [0.1, 0.15) is 65.7 Å². The van der Waals surface area contributed by atoms with E-state index in [2.05, 4.69) is 127 Å². The molecule has 5 rings (SSSR count). The third-order valence-electron chi connectivity index (χ3n) is 8.51. The summed E-state index contributed by atoms with van der Waals surface area (Å²) in [6.45, 7) is 21.8. The number of allylic oxidation sites excluding steroid dienone is 5. The number of hydrogen-bond acceptors (Lipinski definition) is 6. The summed E-state index contributed by atoms with van der Waals surface area (Å²) in [5, 5.41) is 10.7. The largest absolute Gasteiger partial charge is 0.381 e. The highest BCUT2D eigenvalue weighted by Gasteiger charge is 2.28. The van der Waals surface area contributed by atoms with Gasteiger partial charge in [-0.15, -0.1) is 12.8 Å². The highest BCUT2D eigenvalue weighted by molar-refractivity contribution is 6.09. The zero-order valence-corrected chi connectivity index (χ0v) is 27.3. The fraction of sp³-hybridized carbons (Fsp3) is 0.385. The topological polar surface area (TPSA) is 64.0 Å². The van der Waals surface area contributed by atoms with Crippen LogP contribution >= 0.6 is 0 Å². The lowest BCUT2D eigenvalue weighted by molar-refractivity contribution is 0.407. The van der Waals surface area contributed by atoms with Crippen LogP contribution in [0.5, 0.6) is 0 Å². The van der Waals surface area contributed by atoms with Gasteiger partial charge in [-0.1, -0.05) is 76.2 Å². The molecule has 6 heteroatoms. The van der Waals surface area contributed by atoms with E-state index in [-0.39, 0.29) is 6.04 Å². The van der Waals surface area contributed by atoms with Gasteiger partial charge < -0.3 is 20.9 Å². The van der Waals surface area contributed by atoms with Gasteiger partial charge in [0.05, 0.1) is 29.3 Å². The maximum Gasteiger partial charge on any atom is 0.132 e. The molecular formula is C39H48N6. The normalized spacial score (nSPS) is 24.3. The molecule has 0 aromatic rings. The van der Waals surface area contributed by atoms with Crippen LogP contribution in [-0.2, 0) is 0 Å². The van der Waals surface area contributed by atoms with Gasteiger partial charge in [0.15, 0.2) is 0 Å². The van der Waals surface area contributed by atoms with Gasteiger partial charge in [0.1, 0.15) is 11.7 Å². The van der Waals surface area contributed by atoms with Crippen molar-refractivity contribution in [3.63, 3.8) is 0 Å². The Morgan fingerprint density at radius 1 is 1.18 bits per heavy atom. The summed E-state index contributed by atoms with van der Waals surface area (Å²) < 4.78 is 0. The summed E-state index contributed by atoms with van der Waals surface area (Å²) in [6.07, 6.45) is 28.4. The number of terminal acetylenes is 1. The molecule has 0 radical (unpaired) electrons. The molecular weight excluding hydrogens is 552 g/mol. The Hall–Kier alpha value is -4.68. The molecule has 2 aliphatic carbocycles. The molecule has 5 aliphatic rings. The van der Waals surface area contributed by atoms with Crippen molar-refractivity contribution in [2.24, 2.45) is 15.9 Å². The Kier molecular flexibility index (Phi) is 11.7. The Morgan fingerprint density at radius 3 is 2.76 bits per heavy atom. The molecule has 0 amide bonds. The first-order valence-corrected chi connectivity index (χ1v) is 16.1.